The summed E-state index contributed by atoms with van der Waals surface area (Å²) in [5.74, 6) is 3.04. The van der Waals surface area contributed by atoms with E-state index < -0.39 is 22.8 Å². The Hall–Kier alpha value is 4.37. The molecule has 0 bridgehead atoms. The van der Waals surface area contributed by atoms with Crippen LogP contribution in [0.15, 0.2) is 0 Å². The van der Waals surface area contributed by atoms with Gasteiger partial charge in [0.05, 0.1) is 26.4 Å². The topological polar surface area (TPSA) is 129 Å². The van der Waals surface area contributed by atoms with Crippen molar-refractivity contribution in [3.05, 3.63) is 0 Å². The van der Waals surface area contributed by atoms with Gasteiger partial charge in [-0.15, -0.1) is 45.5 Å². The second-order valence-corrected chi connectivity index (χ2v) is 36.4. The van der Waals surface area contributed by atoms with E-state index in [1.807, 2.05) is 27.7 Å². The Morgan fingerprint density at radius 3 is 0.642 bits per heavy atom. The molecule has 0 saturated heterocycles. The maximum absolute atomic E-state index is 11.4. The van der Waals surface area contributed by atoms with Crippen LogP contribution in [0, 0.1) is 0 Å². The molecule has 0 heterocycles. The first-order valence-electron chi connectivity index (χ1n) is 18.9. The van der Waals surface area contributed by atoms with Crippen molar-refractivity contribution < 1.29 is 58.7 Å². The van der Waals surface area contributed by atoms with Gasteiger partial charge in [0, 0.05) is 22.8 Å². The van der Waals surface area contributed by atoms with Crippen LogP contribution in [0.1, 0.15) is 158 Å². The minimum Gasteiger partial charge on any atom is -0.793 e. The van der Waals surface area contributed by atoms with Gasteiger partial charge in [-0.25, -0.2) is 0 Å². The van der Waals surface area contributed by atoms with Gasteiger partial charge in [0.15, 0.2) is 0 Å². The quantitative estimate of drug-likeness (QED) is 0.0360. The first-order valence-corrected chi connectivity index (χ1v) is 35.8. The van der Waals surface area contributed by atoms with Gasteiger partial charge in [-0.3, -0.25) is 0 Å². The third-order valence-corrected chi connectivity index (χ3v) is 23.6. The number of hydrogen-bond donors (Lipinski definition) is 0. The normalized spacial score (nSPS) is 15.3. The van der Waals surface area contributed by atoms with Crippen LogP contribution in [-0.4, -0.2) is 49.4 Å². The average Bonchev–Trinajstić information content (AvgIpc) is 3.05. The van der Waals surface area contributed by atoms with Crippen LogP contribution >= 0.6 is 68.3 Å². The zero-order valence-electron chi connectivity index (χ0n) is 33.7. The molecule has 0 aliphatic heterocycles. The van der Waals surface area contributed by atoms with Crippen LogP contribution in [0.25, 0.3) is 0 Å². The molecule has 0 amide bonds. The SMILES string of the molecule is CCCCCCOP([O-])(=S)SCC.CCCCCCOP([O-])(=S)SCC.CCCCCCOP([O-])(=S)SCC.CCCCCCOP([O-])(=S)SCC.[Mo+4]. The molecule has 0 fully saturated rings. The van der Waals surface area contributed by atoms with Crippen LogP contribution < -0.4 is 19.6 Å². The fourth-order valence-corrected chi connectivity index (χ4v) is 16.8. The molecular formula is C32H72MoO8P4S8. The van der Waals surface area contributed by atoms with Crippen LogP contribution in [-0.2, 0) is 86.4 Å². The zero-order chi connectivity index (χ0) is 40.6. The molecule has 0 saturated carbocycles. The zero-order valence-corrected chi connectivity index (χ0v) is 45.8. The summed E-state index contributed by atoms with van der Waals surface area (Å²) in [6, 6.07) is 0. The molecule has 4 unspecified atom stereocenters. The van der Waals surface area contributed by atoms with E-state index in [0.717, 1.165) is 74.4 Å². The van der Waals surface area contributed by atoms with Gasteiger partial charge in [0.1, 0.15) is 0 Å². The summed E-state index contributed by atoms with van der Waals surface area (Å²) in [5.41, 5.74) is -11.0. The van der Waals surface area contributed by atoms with E-state index in [0.29, 0.717) is 26.4 Å². The van der Waals surface area contributed by atoms with Crippen LogP contribution in [0.5, 0.6) is 0 Å². The van der Waals surface area contributed by atoms with E-state index in [1.54, 1.807) is 0 Å². The van der Waals surface area contributed by atoms with E-state index in [2.05, 4.69) is 27.7 Å². The fraction of sp³-hybridized carbons (Fsp3) is 1.00. The minimum atomic E-state index is -2.74. The van der Waals surface area contributed by atoms with E-state index in [4.69, 9.17) is 65.3 Å². The summed E-state index contributed by atoms with van der Waals surface area (Å²) in [6.07, 6.45) is 18.1. The number of unbranched alkanes of at least 4 members (excludes halogenated alkanes) is 12. The second-order valence-electron chi connectivity index (χ2n) is 11.0. The first kappa shape index (κ1) is 66.5. The third-order valence-electron chi connectivity index (χ3n) is 6.14. The molecule has 53 heavy (non-hydrogen) atoms. The van der Waals surface area contributed by atoms with Crippen LogP contribution in [0.4, 0.5) is 0 Å². The maximum atomic E-state index is 11.4. The Labute approximate surface area is 378 Å². The summed E-state index contributed by atoms with van der Waals surface area (Å²) in [4.78, 5) is 45.6. The van der Waals surface area contributed by atoms with Crippen molar-refractivity contribution >= 4 is 116 Å². The minimum absolute atomic E-state index is 0. The van der Waals surface area contributed by atoms with E-state index in [9.17, 15) is 19.6 Å². The monoisotopic (exact) mass is 1060 g/mol. The molecule has 0 aliphatic rings. The van der Waals surface area contributed by atoms with Gasteiger partial charge in [-0.1, -0.05) is 180 Å². The Morgan fingerprint density at radius 1 is 0.340 bits per heavy atom. The van der Waals surface area contributed by atoms with Gasteiger partial charge in [-0.05, 0) is 48.7 Å². The molecule has 4 atom stereocenters. The van der Waals surface area contributed by atoms with Gasteiger partial charge >= 0.3 is 21.1 Å². The molecule has 0 aliphatic carbocycles. The third kappa shape index (κ3) is 60.8. The van der Waals surface area contributed by atoms with E-state index in [-0.39, 0.29) is 21.1 Å². The number of rotatable bonds is 32. The van der Waals surface area contributed by atoms with Crippen molar-refractivity contribution in [1.82, 2.24) is 0 Å². The number of hydrogen-bond acceptors (Lipinski definition) is 16. The predicted octanol–water partition coefficient (Wildman–Crippen LogP) is 11.7. The Kier molecular flexibility index (Phi) is 59.5. The molecule has 0 rings (SSSR count). The van der Waals surface area contributed by atoms with Crippen LogP contribution in [0.3, 0.4) is 0 Å². The van der Waals surface area contributed by atoms with Gasteiger partial charge in [0.25, 0.3) is 0 Å². The van der Waals surface area contributed by atoms with Crippen molar-refractivity contribution in [1.29, 1.82) is 0 Å². The maximum Gasteiger partial charge on any atom is 4.00 e. The van der Waals surface area contributed by atoms with Crippen molar-refractivity contribution in [2.24, 2.45) is 0 Å². The molecule has 0 spiro atoms. The summed E-state index contributed by atoms with van der Waals surface area (Å²) < 4.78 is 20.6. The molecule has 21 heteroatoms. The van der Waals surface area contributed by atoms with E-state index >= 15 is 0 Å². The first-order chi connectivity index (χ1) is 24.5. The molecule has 0 radical (unpaired) electrons. The second kappa shape index (κ2) is 47.4. The van der Waals surface area contributed by atoms with Crippen molar-refractivity contribution in [2.45, 2.75) is 158 Å². The van der Waals surface area contributed by atoms with Crippen LogP contribution in [0.2, 0.25) is 0 Å². The molecule has 0 aromatic carbocycles. The Bertz CT molecular complexity index is 808. The predicted molar refractivity (Wildman–Crippen MR) is 250 cm³/mol. The molecule has 0 N–H and O–H groups in total. The molecule has 8 nitrogen and oxygen atoms in total. The molecule has 322 valence electrons. The summed E-state index contributed by atoms with van der Waals surface area (Å²) >= 11 is 24.2. The van der Waals surface area contributed by atoms with Gasteiger partial charge in [0.2, 0.25) is 0 Å². The summed E-state index contributed by atoms with van der Waals surface area (Å²) in [6.45, 7) is 18.6. The fourth-order valence-electron chi connectivity index (χ4n) is 3.60. The smallest absolute Gasteiger partial charge is 0.793 e. The largest absolute Gasteiger partial charge is 4.00 e. The van der Waals surface area contributed by atoms with Crippen molar-refractivity contribution in [3.63, 3.8) is 0 Å². The van der Waals surface area contributed by atoms with Gasteiger partial charge in [-0.2, -0.15) is 0 Å². The molecular weight excluding hydrogens is 989 g/mol. The Morgan fingerprint density at radius 2 is 0.509 bits per heavy atom. The standard InChI is InChI=1S/4C8H19O2PS2.Mo/c4*1-3-5-6-7-8-10-11(9,12)13-4-2;/h4*3-8H2,1-2H3,(H,9,12);/q;;;;+4/p-4. The average molecular weight is 1060 g/mol. The van der Waals surface area contributed by atoms with Gasteiger partial charge < -0.3 is 37.7 Å². The summed E-state index contributed by atoms with van der Waals surface area (Å²) in [7, 11) is 0. The summed E-state index contributed by atoms with van der Waals surface area (Å²) in [5, 5.41) is 0. The Balaban J connectivity index is -0.000000192. The van der Waals surface area contributed by atoms with Crippen molar-refractivity contribution in [3.8, 4) is 0 Å². The van der Waals surface area contributed by atoms with Crippen molar-refractivity contribution in [2.75, 3.05) is 49.4 Å². The molecule has 0 aromatic rings. The molecule has 0 aromatic heterocycles. The van der Waals surface area contributed by atoms with E-state index in [1.165, 1.54) is 96.9 Å².